The highest BCUT2D eigenvalue weighted by Gasteiger charge is 2.51. The first kappa shape index (κ1) is 67.8. The Hall–Kier alpha value is -1.27. The Balaban J connectivity index is 1.74. The van der Waals surface area contributed by atoms with Crippen molar-refractivity contribution in [3.8, 4) is 0 Å². The van der Waals surface area contributed by atoms with Gasteiger partial charge in [-0.1, -0.05) is 231 Å². The number of unbranched alkanes of at least 4 members (excludes halogenated alkanes) is 34. The molecule has 2 heterocycles. The third-order valence-corrected chi connectivity index (χ3v) is 15.2. The van der Waals surface area contributed by atoms with Crippen LogP contribution in [0.15, 0.2) is 12.2 Å². The fraction of sp³-hybridized carbons (Fsp3) is 0.949. The summed E-state index contributed by atoms with van der Waals surface area (Å²) in [5.41, 5.74) is 0. The number of nitrogens with one attached hydrogen (secondary N) is 1. The van der Waals surface area contributed by atoms with Crippen LogP contribution in [0.2, 0.25) is 0 Å². The van der Waals surface area contributed by atoms with Gasteiger partial charge in [0.05, 0.1) is 32.0 Å². The Morgan fingerprint density at radius 2 is 0.863 bits per heavy atom. The third-order valence-electron chi connectivity index (χ3n) is 15.2. The fourth-order valence-electron chi connectivity index (χ4n) is 10.3. The van der Waals surface area contributed by atoms with E-state index in [1.54, 1.807) is 0 Å². The van der Waals surface area contributed by atoms with Crippen LogP contribution in [0.3, 0.4) is 0 Å². The number of carbonyl (C=O) groups is 1. The van der Waals surface area contributed by atoms with Crippen LogP contribution in [0, 0.1) is 0 Å². The van der Waals surface area contributed by atoms with Crippen LogP contribution in [-0.4, -0.2) is 140 Å². The van der Waals surface area contributed by atoms with Crippen molar-refractivity contribution in [1.82, 2.24) is 5.32 Å². The molecule has 432 valence electrons. The molecule has 1 amide bonds. The summed E-state index contributed by atoms with van der Waals surface area (Å²) in [5.74, 6) is -0.208. The predicted molar refractivity (Wildman–Crippen MR) is 291 cm³/mol. The number of hydrogen-bond donors (Lipinski definition) is 9. The van der Waals surface area contributed by atoms with E-state index in [1.807, 2.05) is 0 Å². The van der Waals surface area contributed by atoms with E-state index in [0.29, 0.717) is 12.8 Å². The van der Waals surface area contributed by atoms with Crippen LogP contribution in [0.1, 0.15) is 264 Å². The second-order valence-electron chi connectivity index (χ2n) is 21.8. The van der Waals surface area contributed by atoms with E-state index in [4.69, 9.17) is 18.9 Å². The predicted octanol–water partition coefficient (Wildman–Crippen LogP) is 10.3. The molecule has 0 bridgehead atoms. The lowest BCUT2D eigenvalue weighted by molar-refractivity contribution is -0.359. The maximum absolute atomic E-state index is 13.3. The van der Waals surface area contributed by atoms with E-state index in [0.717, 1.165) is 57.8 Å². The maximum Gasteiger partial charge on any atom is 0.220 e. The Bertz CT molecular complexity index is 1280. The zero-order valence-electron chi connectivity index (χ0n) is 46.4. The first-order valence-corrected chi connectivity index (χ1v) is 30.4. The summed E-state index contributed by atoms with van der Waals surface area (Å²) in [6.07, 6.45) is 34.9. The van der Waals surface area contributed by atoms with Crippen molar-refractivity contribution in [1.29, 1.82) is 0 Å². The molecule has 0 aliphatic carbocycles. The number of aliphatic hydroxyl groups is 8. The summed E-state index contributed by atoms with van der Waals surface area (Å²) in [5, 5.41) is 87.3. The molecule has 2 rings (SSSR count). The monoisotopic (exact) mass is 1040 g/mol. The molecule has 9 N–H and O–H groups in total. The van der Waals surface area contributed by atoms with E-state index < -0.39 is 86.8 Å². The number of hydrogen-bond acceptors (Lipinski definition) is 13. The fourth-order valence-corrected chi connectivity index (χ4v) is 10.3. The van der Waals surface area contributed by atoms with E-state index in [2.05, 4.69) is 31.3 Å². The minimum Gasteiger partial charge on any atom is -0.394 e. The molecule has 14 nitrogen and oxygen atoms in total. The van der Waals surface area contributed by atoms with Crippen molar-refractivity contribution in [3.05, 3.63) is 12.2 Å². The quantitative estimate of drug-likeness (QED) is 0.0204. The second kappa shape index (κ2) is 45.7. The Morgan fingerprint density at radius 3 is 1.30 bits per heavy atom. The number of amides is 1. The van der Waals surface area contributed by atoms with Crippen LogP contribution in [0.25, 0.3) is 0 Å². The SMILES string of the molecule is CCCCCCCC/C=C\CCCCCCCCCC(=O)NC(COC1OC(CO)C(OC2OC(CO)C(O)C(O)C2O)C(O)C1O)C(O)CCCCCCCCCCCCCCCCCCCCCCCC. The van der Waals surface area contributed by atoms with Gasteiger partial charge in [0.2, 0.25) is 5.91 Å². The molecule has 2 saturated heterocycles. The summed E-state index contributed by atoms with van der Waals surface area (Å²) in [6.45, 7) is 2.88. The van der Waals surface area contributed by atoms with Gasteiger partial charge in [-0.25, -0.2) is 0 Å². The average molecular weight is 1040 g/mol. The molecule has 2 aliphatic rings. The molecule has 0 radical (unpaired) electrons. The van der Waals surface area contributed by atoms with Gasteiger partial charge in [-0.05, 0) is 38.5 Å². The van der Waals surface area contributed by atoms with Crippen LogP contribution in [-0.2, 0) is 23.7 Å². The van der Waals surface area contributed by atoms with Crippen LogP contribution in [0.5, 0.6) is 0 Å². The van der Waals surface area contributed by atoms with Gasteiger partial charge >= 0.3 is 0 Å². The lowest BCUT2D eigenvalue weighted by Gasteiger charge is -2.46. The van der Waals surface area contributed by atoms with Gasteiger partial charge in [0, 0.05) is 6.42 Å². The van der Waals surface area contributed by atoms with Crippen LogP contribution >= 0.6 is 0 Å². The molecule has 73 heavy (non-hydrogen) atoms. The number of ether oxygens (including phenoxy) is 4. The number of rotatable bonds is 49. The number of aliphatic hydroxyl groups excluding tert-OH is 8. The second-order valence-corrected chi connectivity index (χ2v) is 21.8. The van der Waals surface area contributed by atoms with Crippen molar-refractivity contribution in [2.45, 2.75) is 338 Å². The minimum atomic E-state index is -1.78. The smallest absolute Gasteiger partial charge is 0.220 e. The van der Waals surface area contributed by atoms with Gasteiger partial charge in [0.25, 0.3) is 0 Å². The molecule has 0 aromatic carbocycles. The molecule has 14 heteroatoms. The van der Waals surface area contributed by atoms with E-state index >= 15 is 0 Å². The molecule has 2 aliphatic heterocycles. The number of allylic oxidation sites excluding steroid dienone is 2. The van der Waals surface area contributed by atoms with Crippen LogP contribution < -0.4 is 5.32 Å². The summed E-state index contributed by atoms with van der Waals surface area (Å²) < 4.78 is 22.8. The van der Waals surface area contributed by atoms with Crippen LogP contribution in [0.4, 0.5) is 0 Å². The Morgan fingerprint density at radius 1 is 0.479 bits per heavy atom. The molecular formula is C59H113NO13. The average Bonchev–Trinajstić information content (AvgIpc) is 3.39. The van der Waals surface area contributed by atoms with Gasteiger partial charge in [0.1, 0.15) is 48.8 Å². The van der Waals surface area contributed by atoms with Gasteiger partial charge in [-0.15, -0.1) is 0 Å². The molecule has 0 spiro atoms. The molecule has 12 atom stereocenters. The Labute approximate surface area is 444 Å². The topological polar surface area (TPSA) is 228 Å². The molecule has 0 saturated carbocycles. The molecule has 0 aromatic heterocycles. The summed E-state index contributed by atoms with van der Waals surface area (Å²) in [7, 11) is 0. The highest BCUT2D eigenvalue weighted by Crippen LogP contribution is 2.30. The van der Waals surface area contributed by atoms with E-state index in [1.165, 1.54) is 180 Å². The first-order chi connectivity index (χ1) is 35.6. The van der Waals surface area contributed by atoms with Gasteiger partial charge in [0.15, 0.2) is 12.6 Å². The normalized spacial score (nSPS) is 25.4. The summed E-state index contributed by atoms with van der Waals surface area (Å²) in [4.78, 5) is 13.3. The highest BCUT2D eigenvalue weighted by molar-refractivity contribution is 5.76. The summed E-state index contributed by atoms with van der Waals surface area (Å²) >= 11 is 0. The van der Waals surface area contributed by atoms with E-state index in [-0.39, 0.29) is 12.5 Å². The standard InChI is InChI=1S/C59H113NO13/c1-3-5-7-9-11-13-15-17-19-21-22-23-24-25-27-28-30-32-34-36-38-40-42-48(63)47(60-51(64)43-41-39-37-35-33-31-29-26-20-18-16-14-12-10-8-6-4-2)46-70-58-56(69)54(67)57(50(45-62)72-58)73-59-55(68)53(66)52(65)49(44-61)71-59/h18,20,47-50,52-59,61-63,65-69H,3-17,19,21-46H2,1-2H3,(H,60,64)/b20-18-. The maximum atomic E-state index is 13.3. The Kier molecular flexibility index (Phi) is 42.5. The zero-order valence-corrected chi connectivity index (χ0v) is 46.4. The van der Waals surface area contributed by atoms with Crippen molar-refractivity contribution >= 4 is 5.91 Å². The molecule has 2 fully saturated rings. The van der Waals surface area contributed by atoms with Crippen molar-refractivity contribution < 1.29 is 64.6 Å². The van der Waals surface area contributed by atoms with Gasteiger partial charge in [-0.3, -0.25) is 4.79 Å². The van der Waals surface area contributed by atoms with Crippen molar-refractivity contribution in [3.63, 3.8) is 0 Å². The van der Waals surface area contributed by atoms with Crippen molar-refractivity contribution in [2.24, 2.45) is 0 Å². The third kappa shape index (κ3) is 31.7. The number of carbonyl (C=O) groups excluding carboxylic acids is 1. The van der Waals surface area contributed by atoms with Crippen molar-refractivity contribution in [2.75, 3.05) is 19.8 Å². The first-order valence-electron chi connectivity index (χ1n) is 30.4. The minimum absolute atomic E-state index is 0.208. The highest BCUT2D eigenvalue weighted by atomic mass is 16.7. The van der Waals surface area contributed by atoms with Gasteiger partial charge in [-0.2, -0.15) is 0 Å². The van der Waals surface area contributed by atoms with Gasteiger partial charge < -0.3 is 65.1 Å². The lowest BCUT2D eigenvalue weighted by Crippen LogP contribution is -2.65. The largest absolute Gasteiger partial charge is 0.394 e. The molecule has 12 unspecified atom stereocenters. The lowest BCUT2D eigenvalue weighted by atomic mass is 9.97. The molecule has 0 aromatic rings. The summed E-state index contributed by atoms with van der Waals surface area (Å²) in [6, 6.07) is -0.828. The van der Waals surface area contributed by atoms with E-state index in [9.17, 15) is 45.6 Å². The molecular weight excluding hydrogens is 931 g/mol. The zero-order chi connectivity index (χ0) is 53.2.